The van der Waals surface area contributed by atoms with Gasteiger partial charge in [0.15, 0.2) is 6.10 Å². The molecule has 4 rings (SSSR count). The molecule has 0 radical (unpaired) electrons. The number of hydrogen-bond acceptors (Lipinski definition) is 6. The van der Waals surface area contributed by atoms with Gasteiger partial charge in [0.1, 0.15) is 5.75 Å². The van der Waals surface area contributed by atoms with Gasteiger partial charge in [-0.2, -0.15) is 10.1 Å². The normalized spacial score (nSPS) is 16.9. The number of fused-ring (bicyclic) bond motifs is 1. The molecule has 7 heteroatoms. The summed E-state index contributed by atoms with van der Waals surface area (Å²) in [6.45, 7) is 0.589. The molecule has 0 spiro atoms. The number of rotatable bonds is 2. The number of para-hydroxylation sites is 2. The van der Waals surface area contributed by atoms with Crippen LogP contribution in [0.1, 0.15) is 12.0 Å². The molecule has 1 N–H and O–H groups in total. The number of anilines is 1. The van der Waals surface area contributed by atoms with Crippen LogP contribution in [0.15, 0.2) is 41.2 Å². The molecule has 1 aliphatic rings. The number of hydrogen-bond donors (Lipinski definition) is 1. The fraction of sp³-hybridized carbons (Fsp3) is 0.214. The smallest absolute Gasteiger partial charge is 0.269 e. The van der Waals surface area contributed by atoms with Gasteiger partial charge >= 0.3 is 0 Å². The summed E-state index contributed by atoms with van der Waals surface area (Å²) in [4.78, 5) is 4.39. The average Bonchev–Trinajstić information content (AvgIpc) is 3.15. The van der Waals surface area contributed by atoms with E-state index in [-0.39, 0.29) is 6.10 Å². The van der Waals surface area contributed by atoms with Gasteiger partial charge in [-0.25, -0.2) is 0 Å². The molecular formula is C14H13N5O2. The first kappa shape index (κ1) is 12.0. The second-order valence-corrected chi connectivity index (χ2v) is 4.84. The lowest BCUT2D eigenvalue weighted by Crippen LogP contribution is -2.23. The Kier molecular flexibility index (Phi) is 2.63. The average molecular weight is 283 g/mol. The quantitative estimate of drug-likeness (QED) is 0.775. The molecule has 21 heavy (non-hydrogen) atoms. The van der Waals surface area contributed by atoms with E-state index in [4.69, 9.17) is 9.26 Å². The standard InChI is InChI=1S/C14H13N5O2/c1-19-8-9(6-16-19)13-17-14(21-18-13)12-7-15-10-4-2-3-5-11(10)20-12/h2-6,8,12,15H,7H2,1H3. The van der Waals surface area contributed by atoms with Gasteiger partial charge in [0.05, 0.1) is 24.0 Å². The lowest BCUT2D eigenvalue weighted by Gasteiger charge is -2.24. The zero-order valence-electron chi connectivity index (χ0n) is 11.4. The van der Waals surface area contributed by atoms with Crippen LogP contribution in [-0.2, 0) is 7.05 Å². The van der Waals surface area contributed by atoms with Gasteiger partial charge in [-0.1, -0.05) is 17.3 Å². The Balaban J connectivity index is 1.60. The van der Waals surface area contributed by atoms with Crippen LogP contribution < -0.4 is 10.1 Å². The minimum Gasteiger partial charge on any atom is -0.477 e. The van der Waals surface area contributed by atoms with E-state index in [1.54, 1.807) is 10.9 Å². The Hall–Kier alpha value is -2.83. The second-order valence-electron chi connectivity index (χ2n) is 4.84. The fourth-order valence-corrected chi connectivity index (χ4v) is 2.27. The van der Waals surface area contributed by atoms with Crippen LogP contribution in [-0.4, -0.2) is 26.5 Å². The molecule has 1 atom stereocenters. The minimum absolute atomic E-state index is 0.294. The summed E-state index contributed by atoms with van der Waals surface area (Å²) >= 11 is 0. The van der Waals surface area contributed by atoms with Crippen LogP contribution in [0.4, 0.5) is 5.69 Å². The molecule has 3 aromatic rings. The molecule has 0 fully saturated rings. The van der Waals surface area contributed by atoms with Crippen molar-refractivity contribution in [1.29, 1.82) is 0 Å². The Morgan fingerprint density at radius 2 is 2.24 bits per heavy atom. The molecule has 1 aliphatic heterocycles. The summed E-state index contributed by atoms with van der Waals surface area (Å²) in [6.07, 6.45) is 3.24. The number of ether oxygens (including phenoxy) is 1. The molecule has 1 unspecified atom stereocenters. The molecule has 7 nitrogen and oxygen atoms in total. The molecule has 0 aliphatic carbocycles. The molecular weight excluding hydrogens is 270 g/mol. The third kappa shape index (κ3) is 2.12. The molecule has 1 aromatic carbocycles. The van der Waals surface area contributed by atoms with Crippen molar-refractivity contribution in [3.63, 3.8) is 0 Å². The molecule has 0 amide bonds. The van der Waals surface area contributed by atoms with Crippen LogP contribution in [0, 0.1) is 0 Å². The van der Waals surface area contributed by atoms with Crippen LogP contribution in [0.2, 0.25) is 0 Å². The van der Waals surface area contributed by atoms with E-state index in [2.05, 4.69) is 20.6 Å². The summed E-state index contributed by atoms with van der Waals surface area (Å²) in [5, 5.41) is 11.4. The highest BCUT2D eigenvalue weighted by molar-refractivity contribution is 5.58. The van der Waals surface area contributed by atoms with Crippen molar-refractivity contribution in [3.05, 3.63) is 42.5 Å². The summed E-state index contributed by atoms with van der Waals surface area (Å²) in [7, 11) is 1.84. The lowest BCUT2D eigenvalue weighted by atomic mass is 10.2. The first-order valence-electron chi connectivity index (χ1n) is 6.62. The van der Waals surface area contributed by atoms with Crippen LogP contribution in [0.3, 0.4) is 0 Å². The summed E-state index contributed by atoms with van der Waals surface area (Å²) in [5.74, 6) is 1.76. The van der Waals surface area contributed by atoms with Gasteiger partial charge in [-0.3, -0.25) is 4.68 Å². The van der Waals surface area contributed by atoms with E-state index in [1.807, 2.05) is 37.5 Å². The van der Waals surface area contributed by atoms with Crippen molar-refractivity contribution in [2.75, 3.05) is 11.9 Å². The maximum atomic E-state index is 5.89. The monoisotopic (exact) mass is 283 g/mol. The Morgan fingerprint density at radius 1 is 1.33 bits per heavy atom. The highest BCUT2D eigenvalue weighted by atomic mass is 16.5. The highest BCUT2D eigenvalue weighted by Gasteiger charge is 2.26. The molecule has 0 bridgehead atoms. The highest BCUT2D eigenvalue weighted by Crippen LogP contribution is 2.33. The van der Waals surface area contributed by atoms with Crippen molar-refractivity contribution in [2.45, 2.75) is 6.10 Å². The maximum Gasteiger partial charge on any atom is 0.269 e. The fourth-order valence-electron chi connectivity index (χ4n) is 2.27. The lowest BCUT2D eigenvalue weighted by molar-refractivity contribution is 0.163. The number of benzene rings is 1. The third-order valence-electron chi connectivity index (χ3n) is 3.31. The summed E-state index contributed by atoms with van der Waals surface area (Å²) in [6, 6.07) is 7.77. The van der Waals surface area contributed by atoms with Gasteiger partial charge < -0.3 is 14.6 Å². The van der Waals surface area contributed by atoms with Crippen molar-refractivity contribution < 1.29 is 9.26 Å². The summed E-state index contributed by atoms with van der Waals surface area (Å²) < 4.78 is 12.9. The molecule has 0 saturated heterocycles. The molecule has 106 valence electrons. The van der Waals surface area contributed by atoms with E-state index in [0.29, 0.717) is 18.3 Å². The largest absolute Gasteiger partial charge is 0.477 e. The first-order valence-corrected chi connectivity index (χ1v) is 6.62. The van der Waals surface area contributed by atoms with Crippen molar-refractivity contribution >= 4 is 5.69 Å². The van der Waals surface area contributed by atoms with Crippen molar-refractivity contribution in [2.24, 2.45) is 7.05 Å². The predicted octanol–water partition coefficient (Wildman–Crippen LogP) is 2.02. The maximum absolute atomic E-state index is 5.89. The van der Waals surface area contributed by atoms with E-state index in [9.17, 15) is 0 Å². The predicted molar refractivity (Wildman–Crippen MR) is 74.8 cm³/mol. The van der Waals surface area contributed by atoms with E-state index in [1.165, 1.54) is 0 Å². The number of nitrogens with zero attached hydrogens (tertiary/aromatic N) is 4. The topological polar surface area (TPSA) is 78.0 Å². The van der Waals surface area contributed by atoms with E-state index >= 15 is 0 Å². The van der Waals surface area contributed by atoms with Crippen molar-refractivity contribution in [3.8, 4) is 17.1 Å². The Labute approximate surface area is 120 Å². The van der Waals surface area contributed by atoms with E-state index < -0.39 is 0 Å². The number of nitrogens with one attached hydrogen (secondary N) is 1. The summed E-state index contributed by atoms with van der Waals surface area (Å²) in [5.41, 5.74) is 1.79. The third-order valence-corrected chi connectivity index (χ3v) is 3.31. The van der Waals surface area contributed by atoms with E-state index in [0.717, 1.165) is 17.0 Å². The van der Waals surface area contributed by atoms with Gasteiger partial charge in [0, 0.05) is 13.2 Å². The SMILES string of the molecule is Cn1cc(-c2noc(C3CNc4ccccc4O3)n2)cn1. The number of aryl methyl sites for hydroxylation is 1. The Bertz CT molecular complexity index is 779. The minimum atomic E-state index is -0.294. The molecule has 3 heterocycles. The zero-order chi connectivity index (χ0) is 14.2. The Morgan fingerprint density at radius 3 is 3.10 bits per heavy atom. The zero-order valence-corrected chi connectivity index (χ0v) is 11.4. The van der Waals surface area contributed by atoms with Crippen LogP contribution in [0.5, 0.6) is 5.75 Å². The number of aromatic nitrogens is 4. The van der Waals surface area contributed by atoms with Gasteiger partial charge in [0.25, 0.3) is 5.89 Å². The molecule has 0 saturated carbocycles. The van der Waals surface area contributed by atoms with Crippen molar-refractivity contribution in [1.82, 2.24) is 19.9 Å². The van der Waals surface area contributed by atoms with Gasteiger partial charge in [-0.05, 0) is 12.1 Å². The first-order chi connectivity index (χ1) is 10.3. The van der Waals surface area contributed by atoms with Gasteiger partial charge in [0.2, 0.25) is 5.82 Å². The second kappa shape index (κ2) is 4.62. The van der Waals surface area contributed by atoms with Gasteiger partial charge in [-0.15, -0.1) is 0 Å². The molecule has 2 aromatic heterocycles. The van der Waals surface area contributed by atoms with Crippen LogP contribution in [0.25, 0.3) is 11.4 Å². The van der Waals surface area contributed by atoms with Crippen LogP contribution >= 0.6 is 0 Å².